The van der Waals surface area contributed by atoms with Gasteiger partial charge in [-0.1, -0.05) is 13.0 Å². The Kier molecular flexibility index (Phi) is 3.53. The molecular weight excluding hydrogens is 229 g/mol. The van der Waals surface area contributed by atoms with E-state index in [1.165, 1.54) is 6.07 Å². The van der Waals surface area contributed by atoms with Gasteiger partial charge in [-0.25, -0.2) is 4.39 Å². The zero-order valence-corrected chi connectivity index (χ0v) is 10.8. The highest BCUT2D eigenvalue weighted by Gasteiger charge is 2.29. The summed E-state index contributed by atoms with van der Waals surface area (Å²) >= 11 is 0. The second kappa shape index (κ2) is 4.95. The molecule has 1 unspecified atom stereocenters. The Morgan fingerprint density at radius 1 is 1.56 bits per heavy atom. The molecule has 0 aliphatic carbocycles. The van der Waals surface area contributed by atoms with E-state index in [1.54, 1.807) is 6.07 Å². The Bertz CT molecular complexity index is 480. The number of rotatable bonds is 4. The number of hydrogen-bond donors (Lipinski definition) is 1. The monoisotopic (exact) mass is 247 g/mol. The van der Waals surface area contributed by atoms with Crippen molar-refractivity contribution in [2.24, 2.45) is 0 Å². The SMILES string of the molecule is CCNC(C)(C#N)CN1CCc2ccc(F)cc21. The molecule has 1 atom stereocenters. The molecule has 0 fully saturated rings. The molecule has 0 spiro atoms. The summed E-state index contributed by atoms with van der Waals surface area (Å²) in [6.45, 7) is 6.03. The molecule has 1 aliphatic rings. The first-order chi connectivity index (χ1) is 8.58. The second-order valence-electron chi connectivity index (χ2n) is 4.92. The van der Waals surface area contributed by atoms with Crippen LogP contribution in [0.4, 0.5) is 10.1 Å². The molecule has 0 radical (unpaired) electrons. The first kappa shape index (κ1) is 12.8. The quantitative estimate of drug-likeness (QED) is 0.885. The third-order valence-electron chi connectivity index (χ3n) is 3.36. The van der Waals surface area contributed by atoms with Gasteiger partial charge in [0.05, 0.1) is 6.07 Å². The summed E-state index contributed by atoms with van der Waals surface area (Å²) in [5, 5.41) is 12.5. The molecule has 3 nitrogen and oxygen atoms in total. The predicted octanol–water partition coefficient (Wildman–Crippen LogP) is 2.08. The van der Waals surface area contributed by atoms with E-state index in [0.29, 0.717) is 6.54 Å². The normalized spacial score (nSPS) is 17.1. The number of benzene rings is 1. The average Bonchev–Trinajstić information content (AvgIpc) is 2.72. The smallest absolute Gasteiger partial charge is 0.125 e. The van der Waals surface area contributed by atoms with Gasteiger partial charge < -0.3 is 4.90 Å². The Labute approximate surface area is 107 Å². The van der Waals surface area contributed by atoms with Crippen LogP contribution in [0.15, 0.2) is 18.2 Å². The minimum Gasteiger partial charge on any atom is -0.368 e. The van der Waals surface area contributed by atoms with Crippen molar-refractivity contribution < 1.29 is 4.39 Å². The number of likely N-dealkylation sites (N-methyl/N-ethyl adjacent to an activating group) is 1. The second-order valence-corrected chi connectivity index (χ2v) is 4.92. The highest BCUT2D eigenvalue weighted by molar-refractivity contribution is 5.58. The van der Waals surface area contributed by atoms with Gasteiger partial charge in [-0.15, -0.1) is 0 Å². The minimum absolute atomic E-state index is 0.220. The van der Waals surface area contributed by atoms with Gasteiger partial charge in [0, 0.05) is 18.8 Å². The molecule has 0 saturated heterocycles. The molecule has 1 aromatic rings. The lowest BCUT2D eigenvalue weighted by Gasteiger charge is -2.30. The number of nitriles is 1. The summed E-state index contributed by atoms with van der Waals surface area (Å²) in [5.74, 6) is -0.220. The van der Waals surface area contributed by atoms with E-state index in [9.17, 15) is 9.65 Å². The van der Waals surface area contributed by atoms with Gasteiger partial charge in [0.15, 0.2) is 0 Å². The van der Waals surface area contributed by atoms with E-state index in [1.807, 2.05) is 19.9 Å². The van der Waals surface area contributed by atoms with Gasteiger partial charge in [-0.05, 0) is 37.6 Å². The molecule has 1 N–H and O–H groups in total. The van der Waals surface area contributed by atoms with Crippen molar-refractivity contribution in [3.8, 4) is 6.07 Å². The molecule has 1 heterocycles. The summed E-state index contributed by atoms with van der Waals surface area (Å²) in [4.78, 5) is 2.09. The maximum atomic E-state index is 13.3. The van der Waals surface area contributed by atoms with Crippen LogP contribution in [-0.2, 0) is 6.42 Å². The van der Waals surface area contributed by atoms with Crippen LogP contribution < -0.4 is 10.2 Å². The predicted molar refractivity (Wildman–Crippen MR) is 70.0 cm³/mol. The zero-order chi connectivity index (χ0) is 13.2. The lowest BCUT2D eigenvalue weighted by atomic mass is 10.0. The third kappa shape index (κ3) is 2.46. The lowest BCUT2D eigenvalue weighted by Crippen LogP contribution is -2.50. The molecule has 96 valence electrons. The fourth-order valence-electron chi connectivity index (χ4n) is 2.49. The van der Waals surface area contributed by atoms with E-state index >= 15 is 0 Å². The molecule has 4 heteroatoms. The highest BCUT2D eigenvalue weighted by atomic mass is 19.1. The Morgan fingerprint density at radius 2 is 2.33 bits per heavy atom. The minimum atomic E-state index is -0.595. The van der Waals surface area contributed by atoms with Gasteiger partial charge in [0.2, 0.25) is 0 Å². The first-order valence-electron chi connectivity index (χ1n) is 6.27. The molecule has 1 aromatic carbocycles. The molecule has 18 heavy (non-hydrogen) atoms. The lowest BCUT2D eigenvalue weighted by molar-refractivity contribution is 0.457. The summed E-state index contributed by atoms with van der Waals surface area (Å²) in [6.07, 6.45) is 0.920. The van der Waals surface area contributed by atoms with Crippen LogP contribution in [0.1, 0.15) is 19.4 Å². The number of fused-ring (bicyclic) bond motifs is 1. The average molecular weight is 247 g/mol. The van der Waals surface area contributed by atoms with Crippen LogP contribution in [0, 0.1) is 17.1 Å². The van der Waals surface area contributed by atoms with Gasteiger partial charge >= 0.3 is 0 Å². The fraction of sp³-hybridized carbons (Fsp3) is 0.500. The molecule has 2 rings (SSSR count). The number of nitrogens with one attached hydrogen (secondary N) is 1. The largest absolute Gasteiger partial charge is 0.368 e. The van der Waals surface area contributed by atoms with E-state index in [0.717, 1.165) is 30.8 Å². The van der Waals surface area contributed by atoms with Crippen LogP contribution in [0.2, 0.25) is 0 Å². The fourth-order valence-corrected chi connectivity index (χ4v) is 2.49. The van der Waals surface area contributed by atoms with E-state index in [-0.39, 0.29) is 5.82 Å². The Hall–Kier alpha value is -1.60. The maximum Gasteiger partial charge on any atom is 0.125 e. The summed E-state index contributed by atoms with van der Waals surface area (Å²) < 4.78 is 13.3. The first-order valence-corrected chi connectivity index (χ1v) is 6.27. The van der Waals surface area contributed by atoms with Crippen molar-refractivity contribution in [2.45, 2.75) is 25.8 Å². The van der Waals surface area contributed by atoms with E-state index in [2.05, 4.69) is 16.3 Å². The molecule has 0 aromatic heterocycles. The van der Waals surface area contributed by atoms with Crippen LogP contribution in [-0.4, -0.2) is 25.2 Å². The molecule has 0 bridgehead atoms. The summed E-state index contributed by atoms with van der Waals surface area (Å²) in [7, 11) is 0. The van der Waals surface area contributed by atoms with Crippen LogP contribution in [0.3, 0.4) is 0 Å². The number of halogens is 1. The Morgan fingerprint density at radius 3 is 3.00 bits per heavy atom. The van der Waals surface area contributed by atoms with Gasteiger partial charge in [-0.3, -0.25) is 5.32 Å². The van der Waals surface area contributed by atoms with Gasteiger partial charge in [0.25, 0.3) is 0 Å². The van der Waals surface area contributed by atoms with Crippen molar-refractivity contribution in [3.63, 3.8) is 0 Å². The molecule has 1 aliphatic heterocycles. The number of anilines is 1. The maximum absolute atomic E-state index is 13.3. The highest BCUT2D eigenvalue weighted by Crippen LogP contribution is 2.29. The molecule has 0 saturated carbocycles. The Balaban J connectivity index is 2.19. The number of hydrogen-bond acceptors (Lipinski definition) is 3. The standard InChI is InChI=1S/C14H18FN3/c1-3-17-14(2,9-16)10-18-7-6-11-4-5-12(15)8-13(11)18/h4-5,8,17H,3,6-7,10H2,1-2H3. The summed E-state index contributed by atoms with van der Waals surface area (Å²) in [5.41, 5.74) is 1.49. The van der Waals surface area contributed by atoms with Crippen molar-refractivity contribution in [3.05, 3.63) is 29.6 Å². The van der Waals surface area contributed by atoms with Crippen molar-refractivity contribution >= 4 is 5.69 Å². The molecule has 0 amide bonds. The van der Waals surface area contributed by atoms with Crippen molar-refractivity contribution in [1.29, 1.82) is 5.26 Å². The van der Waals surface area contributed by atoms with Crippen LogP contribution in [0.5, 0.6) is 0 Å². The van der Waals surface area contributed by atoms with E-state index < -0.39 is 5.54 Å². The van der Waals surface area contributed by atoms with E-state index in [4.69, 9.17) is 0 Å². The van der Waals surface area contributed by atoms with Crippen LogP contribution in [0.25, 0.3) is 0 Å². The third-order valence-corrected chi connectivity index (χ3v) is 3.36. The van der Waals surface area contributed by atoms with Crippen LogP contribution >= 0.6 is 0 Å². The van der Waals surface area contributed by atoms with Crippen molar-refractivity contribution in [2.75, 3.05) is 24.5 Å². The summed E-state index contributed by atoms with van der Waals surface area (Å²) in [6, 6.07) is 7.20. The van der Waals surface area contributed by atoms with Gasteiger partial charge in [-0.2, -0.15) is 5.26 Å². The molecular formula is C14H18FN3. The van der Waals surface area contributed by atoms with Gasteiger partial charge in [0.1, 0.15) is 11.4 Å². The van der Waals surface area contributed by atoms with Crippen molar-refractivity contribution in [1.82, 2.24) is 5.32 Å². The number of nitrogens with zero attached hydrogens (tertiary/aromatic N) is 2. The topological polar surface area (TPSA) is 39.1 Å². The zero-order valence-electron chi connectivity index (χ0n) is 10.8.